The zero-order chi connectivity index (χ0) is 11.4. The third kappa shape index (κ3) is 2.75. The Labute approximate surface area is 102 Å². The van der Waals surface area contributed by atoms with Gasteiger partial charge in [0.25, 0.3) is 0 Å². The highest BCUT2D eigenvalue weighted by Gasteiger charge is 2.11. The number of nitrogens with zero attached hydrogens (tertiary/aromatic N) is 1. The van der Waals surface area contributed by atoms with Crippen molar-refractivity contribution in [2.45, 2.75) is 12.8 Å². The predicted octanol–water partition coefficient (Wildman–Crippen LogP) is 2.13. The zero-order valence-electron chi connectivity index (χ0n) is 8.68. The van der Waals surface area contributed by atoms with Gasteiger partial charge >= 0.3 is 0 Å². The SMILES string of the molecule is NCCc1nc(C(=O)Cc2ccsc2)cs1. The van der Waals surface area contributed by atoms with Crippen molar-refractivity contribution in [3.05, 3.63) is 38.5 Å². The third-order valence-corrected chi connectivity index (χ3v) is 3.78. The van der Waals surface area contributed by atoms with Gasteiger partial charge in [0.2, 0.25) is 0 Å². The Morgan fingerprint density at radius 2 is 2.31 bits per heavy atom. The van der Waals surface area contributed by atoms with Gasteiger partial charge in [-0.2, -0.15) is 11.3 Å². The van der Waals surface area contributed by atoms with Crippen LogP contribution in [0, 0.1) is 0 Å². The highest BCUT2D eigenvalue weighted by molar-refractivity contribution is 7.09. The number of nitrogens with two attached hydrogens (primary N) is 1. The summed E-state index contributed by atoms with van der Waals surface area (Å²) < 4.78 is 0. The largest absolute Gasteiger partial charge is 0.330 e. The number of ketones is 1. The highest BCUT2D eigenvalue weighted by atomic mass is 32.1. The zero-order valence-corrected chi connectivity index (χ0v) is 10.3. The molecule has 2 aromatic rings. The Morgan fingerprint density at radius 1 is 1.44 bits per heavy atom. The Bertz CT molecular complexity index is 462. The van der Waals surface area contributed by atoms with E-state index < -0.39 is 0 Å². The van der Waals surface area contributed by atoms with Crippen molar-refractivity contribution in [3.8, 4) is 0 Å². The topological polar surface area (TPSA) is 56.0 Å². The van der Waals surface area contributed by atoms with Gasteiger partial charge in [-0.1, -0.05) is 0 Å². The van der Waals surface area contributed by atoms with Gasteiger partial charge in [-0.15, -0.1) is 11.3 Å². The molecule has 0 aromatic carbocycles. The second-order valence-electron chi connectivity index (χ2n) is 3.40. The fraction of sp³-hybridized carbons (Fsp3) is 0.273. The monoisotopic (exact) mass is 252 g/mol. The summed E-state index contributed by atoms with van der Waals surface area (Å²) in [5.74, 6) is 0.0814. The molecule has 0 radical (unpaired) electrons. The van der Waals surface area contributed by atoms with E-state index in [2.05, 4.69) is 4.98 Å². The van der Waals surface area contributed by atoms with E-state index in [1.165, 1.54) is 11.3 Å². The van der Waals surface area contributed by atoms with Crippen molar-refractivity contribution in [1.29, 1.82) is 0 Å². The molecular formula is C11H12N2OS2. The number of thiazole rings is 1. The van der Waals surface area contributed by atoms with Crippen LogP contribution in [0.2, 0.25) is 0 Å². The molecule has 0 aliphatic rings. The minimum atomic E-state index is 0.0814. The molecule has 84 valence electrons. The van der Waals surface area contributed by atoms with Gasteiger partial charge in [-0.05, 0) is 28.9 Å². The lowest BCUT2D eigenvalue weighted by molar-refractivity contribution is 0.0989. The third-order valence-electron chi connectivity index (χ3n) is 2.14. The average molecular weight is 252 g/mol. The first kappa shape index (κ1) is 11.4. The molecule has 0 amide bonds. The van der Waals surface area contributed by atoms with Crippen LogP contribution in [0.5, 0.6) is 0 Å². The van der Waals surface area contributed by atoms with Crippen LogP contribution in [-0.2, 0) is 12.8 Å². The van der Waals surface area contributed by atoms with E-state index in [4.69, 9.17) is 5.73 Å². The normalized spacial score (nSPS) is 10.6. The van der Waals surface area contributed by atoms with Crippen LogP contribution in [0.4, 0.5) is 0 Å². The summed E-state index contributed by atoms with van der Waals surface area (Å²) in [5.41, 5.74) is 7.07. The molecule has 2 N–H and O–H groups in total. The second kappa shape index (κ2) is 5.34. The smallest absolute Gasteiger partial charge is 0.186 e. The minimum Gasteiger partial charge on any atom is -0.330 e. The van der Waals surface area contributed by atoms with Crippen molar-refractivity contribution >= 4 is 28.5 Å². The Kier molecular flexibility index (Phi) is 3.82. The van der Waals surface area contributed by atoms with Crippen LogP contribution < -0.4 is 5.73 Å². The van der Waals surface area contributed by atoms with Crippen molar-refractivity contribution in [2.75, 3.05) is 6.54 Å². The molecule has 0 aliphatic heterocycles. The number of aromatic nitrogens is 1. The molecule has 0 unspecified atom stereocenters. The summed E-state index contributed by atoms with van der Waals surface area (Å²) in [7, 11) is 0. The quantitative estimate of drug-likeness (QED) is 0.829. The summed E-state index contributed by atoms with van der Waals surface area (Å²) in [6, 6.07) is 1.97. The van der Waals surface area contributed by atoms with Gasteiger partial charge in [-0.25, -0.2) is 4.98 Å². The summed E-state index contributed by atoms with van der Waals surface area (Å²) in [6.07, 6.45) is 1.19. The van der Waals surface area contributed by atoms with Gasteiger partial charge < -0.3 is 5.73 Å². The molecular weight excluding hydrogens is 240 g/mol. The lowest BCUT2D eigenvalue weighted by Crippen LogP contribution is -2.05. The fourth-order valence-corrected chi connectivity index (χ4v) is 2.83. The van der Waals surface area contributed by atoms with E-state index in [1.807, 2.05) is 22.2 Å². The number of rotatable bonds is 5. The fourth-order valence-electron chi connectivity index (χ4n) is 1.35. The van der Waals surface area contributed by atoms with Crippen LogP contribution in [0.3, 0.4) is 0 Å². The number of thiophene rings is 1. The van der Waals surface area contributed by atoms with E-state index in [9.17, 15) is 4.79 Å². The predicted molar refractivity (Wildman–Crippen MR) is 67.2 cm³/mol. The van der Waals surface area contributed by atoms with E-state index in [1.54, 1.807) is 11.3 Å². The first-order chi connectivity index (χ1) is 7.79. The first-order valence-corrected chi connectivity index (χ1v) is 6.80. The summed E-state index contributed by atoms with van der Waals surface area (Å²) >= 11 is 3.11. The summed E-state index contributed by atoms with van der Waals surface area (Å²) in [5, 5.41) is 6.73. The lowest BCUT2D eigenvalue weighted by atomic mass is 10.1. The molecule has 0 atom stereocenters. The first-order valence-electron chi connectivity index (χ1n) is 4.98. The van der Waals surface area contributed by atoms with E-state index >= 15 is 0 Å². The maximum absolute atomic E-state index is 11.8. The van der Waals surface area contributed by atoms with Gasteiger partial charge in [0, 0.05) is 18.2 Å². The van der Waals surface area contributed by atoms with E-state index in [-0.39, 0.29) is 5.78 Å². The minimum absolute atomic E-state index is 0.0814. The number of hydrogen-bond donors (Lipinski definition) is 1. The van der Waals surface area contributed by atoms with Crippen LogP contribution in [0.1, 0.15) is 21.1 Å². The molecule has 2 rings (SSSR count). The van der Waals surface area contributed by atoms with Crippen LogP contribution in [-0.4, -0.2) is 17.3 Å². The molecule has 0 fully saturated rings. The van der Waals surface area contributed by atoms with Crippen molar-refractivity contribution in [2.24, 2.45) is 5.73 Å². The highest BCUT2D eigenvalue weighted by Crippen LogP contribution is 2.14. The van der Waals surface area contributed by atoms with Crippen molar-refractivity contribution in [3.63, 3.8) is 0 Å². The standard InChI is InChI=1S/C11H12N2OS2/c12-3-1-11-13-9(7-16-11)10(14)5-8-2-4-15-6-8/h2,4,6-7H,1,3,5,12H2. The van der Waals surface area contributed by atoms with Crippen LogP contribution in [0.25, 0.3) is 0 Å². The Morgan fingerprint density at radius 3 is 3.00 bits per heavy atom. The molecule has 16 heavy (non-hydrogen) atoms. The average Bonchev–Trinajstić information content (AvgIpc) is 2.89. The van der Waals surface area contributed by atoms with E-state index in [0.29, 0.717) is 18.7 Å². The molecule has 0 spiro atoms. The van der Waals surface area contributed by atoms with Gasteiger partial charge in [0.15, 0.2) is 5.78 Å². The van der Waals surface area contributed by atoms with Crippen LogP contribution >= 0.6 is 22.7 Å². The number of carbonyl (C=O) groups excluding carboxylic acids is 1. The number of hydrogen-bond acceptors (Lipinski definition) is 5. The summed E-state index contributed by atoms with van der Waals surface area (Å²) in [6.45, 7) is 0.575. The maximum Gasteiger partial charge on any atom is 0.186 e. The maximum atomic E-state index is 11.8. The molecule has 0 aliphatic carbocycles. The summed E-state index contributed by atoms with van der Waals surface area (Å²) in [4.78, 5) is 16.1. The lowest BCUT2D eigenvalue weighted by Gasteiger charge is -1.94. The van der Waals surface area contributed by atoms with Gasteiger partial charge in [0.05, 0.1) is 5.01 Å². The van der Waals surface area contributed by atoms with Crippen LogP contribution in [0.15, 0.2) is 22.2 Å². The van der Waals surface area contributed by atoms with E-state index in [0.717, 1.165) is 17.0 Å². The van der Waals surface area contributed by atoms with Gasteiger partial charge in [0.1, 0.15) is 5.69 Å². The van der Waals surface area contributed by atoms with Gasteiger partial charge in [-0.3, -0.25) is 4.79 Å². The number of carbonyl (C=O) groups is 1. The molecule has 5 heteroatoms. The molecule has 0 saturated carbocycles. The van der Waals surface area contributed by atoms with Crippen molar-refractivity contribution in [1.82, 2.24) is 4.98 Å². The van der Waals surface area contributed by atoms with Crippen molar-refractivity contribution < 1.29 is 4.79 Å². The number of Topliss-reactive ketones (excluding diaryl/α,β-unsaturated/α-hetero) is 1. The Hall–Kier alpha value is -1.04. The second-order valence-corrected chi connectivity index (χ2v) is 5.12. The molecule has 2 heterocycles. The molecule has 2 aromatic heterocycles. The molecule has 0 bridgehead atoms. The molecule has 3 nitrogen and oxygen atoms in total. The molecule has 0 saturated heterocycles. The Balaban J connectivity index is 2.03.